The smallest absolute Gasteiger partial charge is 0.305 e. The maximum Gasteiger partial charge on any atom is 0.417 e. The Morgan fingerprint density at radius 3 is 2.39 bits per heavy atom. The summed E-state index contributed by atoms with van der Waals surface area (Å²) in [5.74, 6) is -0.654. The van der Waals surface area contributed by atoms with Crippen LogP contribution in [0.3, 0.4) is 0 Å². The third kappa shape index (κ3) is 3.86. The molecule has 0 aliphatic carbocycles. The van der Waals surface area contributed by atoms with Crippen LogP contribution in [0.25, 0.3) is 5.70 Å². The SMILES string of the molecule is CC1(C)C(=O)N(c2ccc(C#N)c(C(F)(F)F)c2)C(=O)N1Cc1ccc(C2=CCN=N2)cc1. The Bertz CT molecular complexity index is 1240. The van der Waals surface area contributed by atoms with Crippen molar-refractivity contribution in [2.75, 3.05) is 11.4 Å². The van der Waals surface area contributed by atoms with E-state index in [9.17, 15) is 22.8 Å². The summed E-state index contributed by atoms with van der Waals surface area (Å²) in [6.07, 6.45) is -2.93. The zero-order valence-electron chi connectivity index (χ0n) is 17.7. The molecule has 2 aromatic carbocycles. The van der Waals surface area contributed by atoms with E-state index < -0.39 is 34.8 Å². The lowest BCUT2D eigenvalue weighted by Gasteiger charge is -2.27. The number of carbonyl (C=O) groups is 2. The number of hydrogen-bond donors (Lipinski definition) is 0. The second-order valence-electron chi connectivity index (χ2n) is 8.12. The van der Waals surface area contributed by atoms with Gasteiger partial charge < -0.3 is 4.90 Å². The van der Waals surface area contributed by atoms with Gasteiger partial charge in [-0.15, -0.1) is 0 Å². The fourth-order valence-corrected chi connectivity index (χ4v) is 3.76. The van der Waals surface area contributed by atoms with Crippen LogP contribution in [0.2, 0.25) is 0 Å². The fourth-order valence-electron chi connectivity index (χ4n) is 3.76. The van der Waals surface area contributed by atoms with Gasteiger partial charge in [-0.25, -0.2) is 9.69 Å². The van der Waals surface area contributed by atoms with Gasteiger partial charge in [0.15, 0.2) is 0 Å². The van der Waals surface area contributed by atoms with Crippen molar-refractivity contribution in [2.45, 2.75) is 32.1 Å². The van der Waals surface area contributed by atoms with Gasteiger partial charge >= 0.3 is 12.2 Å². The minimum absolute atomic E-state index is 0.0807. The van der Waals surface area contributed by atoms with Gasteiger partial charge in [-0.3, -0.25) is 4.79 Å². The Labute approximate surface area is 187 Å². The first-order valence-electron chi connectivity index (χ1n) is 9.98. The summed E-state index contributed by atoms with van der Waals surface area (Å²) in [5.41, 5.74) is -0.956. The van der Waals surface area contributed by atoms with Crippen LogP contribution in [0.1, 0.15) is 36.1 Å². The van der Waals surface area contributed by atoms with Gasteiger partial charge in [0.2, 0.25) is 0 Å². The predicted molar refractivity (Wildman–Crippen MR) is 113 cm³/mol. The number of benzene rings is 2. The number of urea groups is 1. The number of imide groups is 1. The second-order valence-corrected chi connectivity index (χ2v) is 8.12. The van der Waals surface area contributed by atoms with Gasteiger partial charge in [-0.05, 0) is 43.7 Å². The molecule has 0 radical (unpaired) electrons. The molecule has 33 heavy (non-hydrogen) atoms. The molecule has 0 N–H and O–H groups in total. The second kappa shape index (κ2) is 7.85. The average Bonchev–Trinajstić information content (AvgIpc) is 3.36. The third-order valence-electron chi connectivity index (χ3n) is 5.65. The summed E-state index contributed by atoms with van der Waals surface area (Å²) in [5, 5.41) is 16.9. The summed E-state index contributed by atoms with van der Waals surface area (Å²) in [7, 11) is 0. The van der Waals surface area contributed by atoms with E-state index in [1.54, 1.807) is 26.0 Å². The molecule has 7 nitrogen and oxygen atoms in total. The van der Waals surface area contributed by atoms with E-state index in [2.05, 4.69) is 10.2 Å². The minimum atomic E-state index is -4.81. The fraction of sp³-hybridized carbons (Fsp3) is 0.261. The van der Waals surface area contributed by atoms with Crippen molar-refractivity contribution in [3.8, 4) is 6.07 Å². The van der Waals surface area contributed by atoms with E-state index in [1.165, 1.54) is 17.0 Å². The normalized spacial score (nSPS) is 17.5. The summed E-state index contributed by atoms with van der Waals surface area (Å²) >= 11 is 0. The lowest BCUT2D eigenvalue weighted by Crippen LogP contribution is -2.43. The molecule has 0 saturated carbocycles. The highest BCUT2D eigenvalue weighted by molar-refractivity contribution is 6.23. The number of halogens is 3. The number of hydrogen-bond acceptors (Lipinski definition) is 5. The van der Waals surface area contributed by atoms with Crippen molar-refractivity contribution in [1.29, 1.82) is 5.26 Å². The molecule has 3 amide bonds. The lowest BCUT2D eigenvalue weighted by atomic mass is 10.0. The van der Waals surface area contributed by atoms with Crippen molar-refractivity contribution in [2.24, 2.45) is 10.2 Å². The Morgan fingerprint density at radius 1 is 1.12 bits per heavy atom. The number of amides is 3. The van der Waals surface area contributed by atoms with Gasteiger partial charge in [0.05, 0.1) is 35.1 Å². The summed E-state index contributed by atoms with van der Waals surface area (Å²) in [6, 6.07) is 10.8. The van der Waals surface area contributed by atoms with Crippen molar-refractivity contribution in [3.05, 3.63) is 70.8 Å². The van der Waals surface area contributed by atoms with Crippen molar-refractivity contribution < 1.29 is 22.8 Å². The van der Waals surface area contributed by atoms with Crippen LogP contribution in [0, 0.1) is 11.3 Å². The third-order valence-corrected chi connectivity index (χ3v) is 5.65. The molecule has 0 spiro atoms. The molecule has 2 heterocycles. The van der Waals surface area contributed by atoms with Crippen LogP contribution in [-0.2, 0) is 17.5 Å². The zero-order chi connectivity index (χ0) is 24.0. The van der Waals surface area contributed by atoms with Crippen LogP contribution in [-0.4, -0.2) is 28.9 Å². The minimum Gasteiger partial charge on any atom is -0.305 e. The molecule has 2 aliphatic rings. The first kappa shape index (κ1) is 22.2. The van der Waals surface area contributed by atoms with Crippen LogP contribution in [0.4, 0.5) is 23.7 Å². The standard InChI is InChI=1S/C23H18F3N5O2/c1-22(2)20(32)31(17-8-7-16(12-27)18(11-17)23(24,25)26)21(33)30(22)13-14-3-5-15(6-4-14)19-9-10-28-29-19/h3-9,11H,10,13H2,1-2H3. The van der Waals surface area contributed by atoms with Crippen LogP contribution >= 0.6 is 0 Å². The van der Waals surface area contributed by atoms with Crippen LogP contribution in [0.15, 0.2) is 58.8 Å². The van der Waals surface area contributed by atoms with Crippen molar-refractivity contribution in [1.82, 2.24) is 4.90 Å². The predicted octanol–water partition coefficient (Wildman–Crippen LogP) is 5.13. The molecular formula is C23H18F3N5O2. The number of azo groups is 1. The molecule has 0 atom stereocenters. The molecule has 168 valence electrons. The summed E-state index contributed by atoms with van der Waals surface area (Å²) in [6.45, 7) is 3.69. The maximum absolute atomic E-state index is 13.4. The van der Waals surface area contributed by atoms with E-state index in [0.717, 1.165) is 27.8 Å². The number of carbonyl (C=O) groups excluding carboxylic acids is 2. The Morgan fingerprint density at radius 2 is 1.82 bits per heavy atom. The highest BCUT2D eigenvalue weighted by Crippen LogP contribution is 2.38. The topological polar surface area (TPSA) is 89.1 Å². The Balaban J connectivity index is 1.64. The molecular weight excluding hydrogens is 435 g/mol. The molecule has 1 fully saturated rings. The molecule has 2 aliphatic heterocycles. The number of nitrogens with zero attached hydrogens (tertiary/aromatic N) is 5. The molecule has 0 bridgehead atoms. The van der Waals surface area contributed by atoms with E-state index >= 15 is 0 Å². The highest BCUT2D eigenvalue weighted by Gasteiger charge is 2.52. The van der Waals surface area contributed by atoms with Crippen LogP contribution < -0.4 is 4.90 Å². The Kier molecular flexibility index (Phi) is 5.28. The molecule has 0 aromatic heterocycles. The summed E-state index contributed by atoms with van der Waals surface area (Å²) in [4.78, 5) is 28.3. The zero-order valence-corrected chi connectivity index (χ0v) is 17.7. The lowest BCUT2D eigenvalue weighted by molar-refractivity contribution is -0.137. The van der Waals surface area contributed by atoms with E-state index in [0.29, 0.717) is 12.6 Å². The molecule has 1 saturated heterocycles. The van der Waals surface area contributed by atoms with Gasteiger partial charge in [0.25, 0.3) is 5.91 Å². The number of rotatable bonds is 4. The highest BCUT2D eigenvalue weighted by atomic mass is 19.4. The van der Waals surface area contributed by atoms with Gasteiger partial charge in [0.1, 0.15) is 5.54 Å². The summed E-state index contributed by atoms with van der Waals surface area (Å²) < 4.78 is 40.2. The number of nitriles is 1. The monoisotopic (exact) mass is 453 g/mol. The van der Waals surface area contributed by atoms with Crippen molar-refractivity contribution >= 4 is 23.3 Å². The first-order valence-corrected chi connectivity index (χ1v) is 9.98. The maximum atomic E-state index is 13.4. The average molecular weight is 453 g/mol. The van der Waals surface area contributed by atoms with Crippen LogP contribution in [0.5, 0.6) is 0 Å². The number of alkyl halides is 3. The van der Waals surface area contributed by atoms with E-state index in [4.69, 9.17) is 5.26 Å². The molecule has 0 unspecified atom stereocenters. The van der Waals surface area contributed by atoms with E-state index in [-0.39, 0.29) is 12.2 Å². The van der Waals surface area contributed by atoms with Gasteiger partial charge in [-0.2, -0.15) is 28.7 Å². The Hall–Kier alpha value is -4.00. The first-order chi connectivity index (χ1) is 15.5. The van der Waals surface area contributed by atoms with Gasteiger partial charge in [0, 0.05) is 12.1 Å². The van der Waals surface area contributed by atoms with Gasteiger partial charge in [-0.1, -0.05) is 24.3 Å². The van der Waals surface area contributed by atoms with Crippen molar-refractivity contribution in [3.63, 3.8) is 0 Å². The quantitative estimate of drug-likeness (QED) is 0.601. The largest absolute Gasteiger partial charge is 0.417 e. The molecule has 2 aromatic rings. The van der Waals surface area contributed by atoms with E-state index in [1.807, 2.05) is 18.2 Å². The number of anilines is 1. The molecule has 10 heteroatoms. The molecule has 4 rings (SSSR count).